The molecule has 0 saturated carbocycles. The van der Waals surface area contributed by atoms with Crippen molar-refractivity contribution in [3.63, 3.8) is 0 Å². The van der Waals surface area contributed by atoms with Crippen molar-refractivity contribution in [1.82, 2.24) is 4.90 Å². The Morgan fingerprint density at radius 2 is 1.82 bits per heavy atom. The summed E-state index contributed by atoms with van der Waals surface area (Å²) in [6.45, 7) is 2.11. The van der Waals surface area contributed by atoms with E-state index in [9.17, 15) is 4.79 Å². The zero-order valence-corrected chi connectivity index (χ0v) is 11.3. The van der Waals surface area contributed by atoms with Gasteiger partial charge < -0.3 is 4.90 Å². The van der Waals surface area contributed by atoms with Gasteiger partial charge in [0.15, 0.2) is 0 Å². The van der Waals surface area contributed by atoms with E-state index in [2.05, 4.69) is 6.92 Å². The van der Waals surface area contributed by atoms with Crippen molar-refractivity contribution >= 4 is 24.0 Å². The molecule has 0 bridgehead atoms. The zero-order chi connectivity index (χ0) is 11.7. The number of nitrogens with zero attached hydrogens (tertiary/aromatic N) is 2. The van der Waals surface area contributed by atoms with Crippen LogP contribution in [0.5, 0.6) is 0 Å². The summed E-state index contributed by atoms with van der Waals surface area (Å²) < 4.78 is 0. The molecule has 1 amide bonds. The topological polar surface area (TPSA) is 23.6 Å². The highest BCUT2D eigenvalue weighted by atomic mass is 35.5. The summed E-state index contributed by atoms with van der Waals surface area (Å²) in [6.07, 6.45) is 0.903. The molecule has 1 aromatic carbocycles. The number of hydrogen-bond acceptors (Lipinski definition) is 2. The summed E-state index contributed by atoms with van der Waals surface area (Å²) in [6, 6.07) is 10.2. The number of carbonyl (C=O) groups is 1. The molecule has 0 N–H and O–H groups in total. The molecule has 1 aliphatic rings. The minimum absolute atomic E-state index is 0. The monoisotopic (exact) mass is 254 g/mol. The van der Waals surface area contributed by atoms with Crippen LogP contribution >= 0.6 is 12.4 Å². The first-order chi connectivity index (χ1) is 7.61. The largest absolute Gasteiger partial charge is 0.308 e. The van der Waals surface area contributed by atoms with Crippen LogP contribution in [0.1, 0.15) is 13.3 Å². The van der Waals surface area contributed by atoms with Gasteiger partial charge in [0, 0.05) is 11.7 Å². The fourth-order valence-electron chi connectivity index (χ4n) is 2.31. The van der Waals surface area contributed by atoms with Gasteiger partial charge in [0.05, 0.1) is 6.04 Å². The summed E-state index contributed by atoms with van der Waals surface area (Å²) in [7, 11) is 3.92. The number of hydrogen-bond donors (Lipinski definition) is 0. The molecule has 1 aliphatic heterocycles. The highest BCUT2D eigenvalue weighted by Crippen LogP contribution is 2.27. The fraction of sp³-hybridized carbons (Fsp3) is 0.462. The molecular weight excluding hydrogens is 236 g/mol. The summed E-state index contributed by atoms with van der Waals surface area (Å²) in [5.41, 5.74) is 1.00. The molecule has 0 radical (unpaired) electrons. The summed E-state index contributed by atoms with van der Waals surface area (Å²) in [5, 5.41) is 0. The maximum absolute atomic E-state index is 12.2. The van der Waals surface area contributed by atoms with Crippen LogP contribution in [0, 0.1) is 0 Å². The molecule has 1 heterocycles. The highest BCUT2D eigenvalue weighted by molar-refractivity contribution is 6.00. The van der Waals surface area contributed by atoms with Gasteiger partial charge in [-0.15, -0.1) is 12.4 Å². The second-order valence-corrected chi connectivity index (χ2v) is 4.61. The molecular formula is C13H19ClN2O. The second kappa shape index (κ2) is 5.52. The molecule has 1 saturated heterocycles. The van der Waals surface area contributed by atoms with E-state index in [1.54, 1.807) is 0 Å². The van der Waals surface area contributed by atoms with E-state index in [1.165, 1.54) is 0 Å². The average molecular weight is 255 g/mol. The van der Waals surface area contributed by atoms with E-state index in [0.29, 0.717) is 0 Å². The van der Waals surface area contributed by atoms with Gasteiger partial charge in [0.2, 0.25) is 5.91 Å². The van der Waals surface area contributed by atoms with Gasteiger partial charge in [-0.25, -0.2) is 0 Å². The molecule has 94 valence electrons. The third kappa shape index (κ3) is 2.61. The van der Waals surface area contributed by atoms with Crippen LogP contribution in [0.3, 0.4) is 0 Å². The fourth-order valence-corrected chi connectivity index (χ4v) is 2.31. The Bertz CT molecular complexity index is 380. The van der Waals surface area contributed by atoms with Crippen LogP contribution in [0.2, 0.25) is 0 Å². The smallest absolute Gasteiger partial charge is 0.244 e. The predicted octanol–water partition coefficient (Wildman–Crippen LogP) is 2.16. The SMILES string of the molecule is C[C@@H]1C[C@@H](N(C)C)C(=O)N1c1ccccc1.Cl. The lowest BCUT2D eigenvalue weighted by atomic mass is 10.2. The minimum atomic E-state index is 0. The average Bonchev–Trinajstić information content (AvgIpc) is 2.56. The van der Waals surface area contributed by atoms with E-state index in [-0.39, 0.29) is 30.4 Å². The van der Waals surface area contributed by atoms with Crippen molar-refractivity contribution in [3.8, 4) is 0 Å². The van der Waals surface area contributed by atoms with Crippen LogP contribution < -0.4 is 4.90 Å². The Balaban J connectivity index is 0.00000144. The van der Waals surface area contributed by atoms with Gasteiger partial charge in [0.1, 0.15) is 0 Å². The summed E-state index contributed by atoms with van der Waals surface area (Å²) in [5.74, 6) is 0.212. The van der Waals surface area contributed by atoms with Gasteiger partial charge in [-0.1, -0.05) is 18.2 Å². The lowest BCUT2D eigenvalue weighted by Crippen LogP contribution is -2.38. The zero-order valence-electron chi connectivity index (χ0n) is 10.5. The van der Waals surface area contributed by atoms with Crippen molar-refractivity contribution in [2.75, 3.05) is 19.0 Å². The molecule has 1 aromatic rings. The van der Waals surface area contributed by atoms with Crippen molar-refractivity contribution in [1.29, 1.82) is 0 Å². The third-order valence-corrected chi connectivity index (χ3v) is 3.19. The highest BCUT2D eigenvalue weighted by Gasteiger charge is 2.38. The van der Waals surface area contributed by atoms with Gasteiger partial charge in [0.25, 0.3) is 0 Å². The Kier molecular flexibility index (Phi) is 4.54. The number of benzene rings is 1. The number of halogens is 1. The van der Waals surface area contributed by atoms with Gasteiger partial charge >= 0.3 is 0 Å². The van der Waals surface area contributed by atoms with Crippen LogP contribution in [0.15, 0.2) is 30.3 Å². The van der Waals surface area contributed by atoms with E-state index in [4.69, 9.17) is 0 Å². The van der Waals surface area contributed by atoms with Crippen LogP contribution in [-0.2, 0) is 4.79 Å². The van der Waals surface area contributed by atoms with Crippen LogP contribution in [0.25, 0.3) is 0 Å². The van der Waals surface area contributed by atoms with E-state index in [1.807, 2.05) is 54.2 Å². The van der Waals surface area contributed by atoms with Crippen molar-refractivity contribution < 1.29 is 4.79 Å². The lowest BCUT2D eigenvalue weighted by molar-refractivity contribution is -0.120. The lowest BCUT2D eigenvalue weighted by Gasteiger charge is -2.22. The molecule has 1 fully saturated rings. The number of anilines is 1. The quantitative estimate of drug-likeness (QED) is 0.808. The molecule has 2 rings (SSSR count). The first-order valence-corrected chi connectivity index (χ1v) is 5.66. The van der Waals surface area contributed by atoms with Crippen molar-refractivity contribution in [3.05, 3.63) is 30.3 Å². The number of carbonyl (C=O) groups excluding carboxylic acids is 1. The molecule has 0 aromatic heterocycles. The summed E-state index contributed by atoms with van der Waals surface area (Å²) in [4.78, 5) is 16.2. The van der Waals surface area contributed by atoms with Crippen molar-refractivity contribution in [2.24, 2.45) is 0 Å². The van der Waals surface area contributed by atoms with E-state index < -0.39 is 0 Å². The maximum atomic E-state index is 12.2. The van der Waals surface area contributed by atoms with Gasteiger partial charge in [-0.05, 0) is 39.6 Å². The Hall–Kier alpha value is -1.06. The molecule has 4 heteroatoms. The molecule has 0 aliphatic carbocycles. The summed E-state index contributed by atoms with van der Waals surface area (Å²) >= 11 is 0. The maximum Gasteiger partial charge on any atom is 0.244 e. The molecule has 3 nitrogen and oxygen atoms in total. The van der Waals surface area contributed by atoms with Crippen LogP contribution in [0.4, 0.5) is 5.69 Å². The van der Waals surface area contributed by atoms with Crippen molar-refractivity contribution in [2.45, 2.75) is 25.4 Å². The molecule has 0 unspecified atom stereocenters. The number of rotatable bonds is 2. The second-order valence-electron chi connectivity index (χ2n) is 4.61. The minimum Gasteiger partial charge on any atom is -0.308 e. The number of amides is 1. The normalized spacial score (nSPS) is 24.0. The Labute approximate surface area is 109 Å². The molecule has 2 atom stereocenters. The predicted molar refractivity (Wildman–Crippen MR) is 72.7 cm³/mol. The number of para-hydroxylation sites is 1. The third-order valence-electron chi connectivity index (χ3n) is 3.19. The molecule has 0 spiro atoms. The van der Waals surface area contributed by atoms with E-state index >= 15 is 0 Å². The van der Waals surface area contributed by atoms with Crippen LogP contribution in [-0.4, -0.2) is 37.0 Å². The van der Waals surface area contributed by atoms with Gasteiger partial charge in [-0.3, -0.25) is 9.69 Å². The van der Waals surface area contributed by atoms with E-state index in [0.717, 1.165) is 12.1 Å². The first-order valence-electron chi connectivity index (χ1n) is 5.66. The Morgan fingerprint density at radius 1 is 1.24 bits per heavy atom. The molecule has 17 heavy (non-hydrogen) atoms. The number of likely N-dealkylation sites (N-methyl/N-ethyl adjacent to an activating group) is 1. The Morgan fingerprint density at radius 3 is 2.29 bits per heavy atom. The standard InChI is InChI=1S/C13H18N2O.ClH/c1-10-9-12(14(2)3)13(16)15(10)11-7-5-4-6-8-11;/h4-8,10,12H,9H2,1-3H3;1H/t10-,12-;/m1./s1. The first kappa shape index (κ1) is 14.0. The van der Waals surface area contributed by atoms with Gasteiger partial charge in [-0.2, -0.15) is 0 Å².